The first-order valence-corrected chi connectivity index (χ1v) is 16.4. The summed E-state index contributed by atoms with van der Waals surface area (Å²) in [6.07, 6.45) is 6.22. The molecule has 50 heavy (non-hydrogen) atoms. The van der Waals surface area contributed by atoms with Crippen molar-refractivity contribution in [2.24, 2.45) is 29.6 Å². The van der Waals surface area contributed by atoms with E-state index in [0.717, 1.165) is 12.7 Å². The number of ketones is 2. The molecule has 1 heterocycles. The summed E-state index contributed by atoms with van der Waals surface area (Å²) >= 11 is 0. The van der Waals surface area contributed by atoms with Gasteiger partial charge in [-0.2, -0.15) is 4.90 Å². The molecule has 3 aliphatic carbocycles. The molecule has 10 nitrogen and oxygen atoms in total. The molecule has 0 unspecified atom stereocenters. The van der Waals surface area contributed by atoms with Crippen molar-refractivity contribution in [3.8, 4) is 17.2 Å². The Hall–Kier alpha value is -5.77. The number of Topliss-reactive ketones (excluding diaryl/α,β-unsaturated/α-hetero) is 1. The van der Waals surface area contributed by atoms with Gasteiger partial charge in [0.2, 0.25) is 17.6 Å². The highest BCUT2D eigenvalue weighted by molar-refractivity contribution is 6.31. The van der Waals surface area contributed by atoms with Crippen molar-refractivity contribution in [1.29, 1.82) is 0 Å². The number of hydrogen-bond donors (Lipinski definition) is 1. The van der Waals surface area contributed by atoms with Gasteiger partial charge in [0.25, 0.3) is 0 Å². The molecule has 3 aromatic rings. The third kappa shape index (κ3) is 4.80. The maximum atomic E-state index is 15.0. The van der Waals surface area contributed by atoms with E-state index in [9.17, 15) is 29.1 Å². The first-order chi connectivity index (χ1) is 24.2. The van der Waals surface area contributed by atoms with Gasteiger partial charge in [-0.25, -0.2) is 4.79 Å². The Kier molecular flexibility index (Phi) is 8.25. The van der Waals surface area contributed by atoms with Gasteiger partial charge in [-0.3, -0.25) is 19.2 Å². The number of benzene rings is 3. The van der Waals surface area contributed by atoms with E-state index in [1.54, 1.807) is 42.5 Å². The summed E-state index contributed by atoms with van der Waals surface area (Å²) in [5, 5.41) is 10.6. The number of nitrogens with zero attached hydrogens (tertiary/aromatic N) is 1. The SMILES string of the molecule is COC(=O)N1C(=O)[C@H]2[C@H](CC=C3[C@H]2C[C@H]2C(=O)C(c4ccccc4)=CC(=O)[C@@]2(c2ccccc2)[C@H]3C=Cc2cc(OC)c(O)c(OC)c2)C1=O. The van der Waals surface area contributed by atoms with Gasteiger partial charge in [0.1, 0.15) is 0 Å². The molecule has 2 fully saturated rings. The summed E-state index contributed by atoms with van der Waals surface area (Å²) < 4.78 is 15.6. The lowest BCUT2D eigenvalue weighted by atomic mass is 9.45. The number of methoxy groups -OCH3 is 3. The number of phenolic OH excluding ortho intramolecular Hbond substituents is 1. The van der Waals surface area contributed by atoms with Crippen LogP contribution in [0.4, 0.5) is 4.79 Å². The lowest BCUT2D eigenvalue weighted by Gasteiger charge is -2.54. The Morgan fingerprint density at radius 2 is 1.52 bits per heavy atom. The van der Waals surface area contributed by atoms with Gasteiger partial charge in [0.05, 0.1) is 38.6 Å². The van der Waals surface area contributed by atoms with E-state index < -0.39 is 52.9 Å². The molecular weight excluding hydrogens is 638 g/mol. The number of imide groups is 3. The summed E-state index contributed by atoms with van der Waals surface area (Å²) in [7, 11) is 3.96. The number of hydrogen-bond acceptors (Lipinski definition) is 9. The van der Waals surface area contributed by atoms with Gasteiger partial charge >= 0.3 is 6.09 Å². The number of ether oxygens (including phenoxy) is 3. The third-order valence-corrected chi connectivity index (χ3v) is 10.8. The minimum absolute atomic E-state index is 0.107. The largest absolute Gasteiger partial charge is 0.502 e. The van der Waals surface area contributed by atoms with Crippen molar-refractivity contribution < 1.29 is 43.3 Å². The minimum atomic E-state index is -1.40. The van der Waals surface area contributed by atoms with Crippen molar-refractivity contribution in [3.05, 3.63) is 113 Å². The molecule has 1 N–H and O–H groups in total. The fraction of sp³-hybridized carbons (Fsp3) is 0.275. The minimum Gasteiger partial charge on any atom is -0.502 e. The molecule has 3 amide bonds. The van der Waals surface area contributed by atoms with Crippen LogP contribution in [0.2, 0.25) is 0 Å². The number of fused-ring (bicyclic) bond motifs is 4. The van der Waals surface area contributed by atoms with Crippen LogP contribution in [-0.4, -0.2) is 60.8 Å². The number of phenols is 1. The average molecular weight is 674 g/mol. The number of carbonyl (C=O) groups is 5. The number of rotatable bonds is 6. The van der Waals surface area contributed by atoms with E-state index in [1.807, 2.05) is 48.6 Å². The molecule has 1 saturated carbocycles. The first-order valence-electron chi connectivity index (χ1n) is 16.4. The number of amides is 3. The zero-order chi connectivity index (χ0) is 35.3. The zero-order valence-corrected chi connectivity index (χ0v) is 27.7. The monoisotopic (exact) mass is 673 g/mol. The van der Waals surface area contributed by atoms with Crippen molar-refractivity contribution in [2.45, 2.75) is 18.3 Å². The first kappa shape index (κ1) is 32.8. The highest BCUT2D eigenvalue weighted by Gasteiger charge is 2.65. The maximum Gasteiger partial charge on any atom is 0.423 e. The van der Waals surface area contributed by atoms with Gasteiger partial charge < -0.3 is 19.3 Å². The van der Waals surface area contributed by atoms with Crippen molar-refractivity contribution >= 4 is 41.1 Å². The third-order valence-electron chi connectivity index (χ3n) is 10.8. The van der Waals surface area contributed by atoms with Crippen LogP contribution in [0.15, 0.2) is 96.6 Å². The molecule has 0 aromatic heterocycles. The number of carbonyl (C=O) groups excluding carboxylic acids is 5. The summed E-state index contributed by atoms with van der Waals surface area (Å²) in [5.74, 6) is -5.65. The number of allylic oxidation sites excluding steroid dienone is 5. The van der Waals surface area contributed by atoms with Gasteiger partial charge in [-0.15, -0.1) is 0 Å². The van der Waals surface area contributed by atoms with Crippen LogP contribution in [0.1, 0.15) is 29.5 Å². The van der Waals surface area contributed by atoms with E-state index in [1.165, 1.54) is 20.3 Å². The molecule has 0 spiro atoms. The van der Waals surface area contributed by atoms with Crippen molar-refractivity contribution in [1.82, 2.24) is 4.90 Å². The van der Waals surface area contributed by atoms with Crippen molar-refractivity contribution in [2.75, 3.05) is 21.3 Å². The number of aromatic hydroxyl groups is 1. The van der Waals surface area contributed by atoms with Crippen LogP contribution >= 0.6 is 0 Å². The predicted octanol–water partition coefficient (Wildman–Crippen LogP) is 5.55. The van der Waals surface area contributed by atoms with Crippen LogP contribution in [0.3, 0.4) is 0 Å². The van der Waals surface area contributed by atoms with Crippen LogP contribution < -0.4 is 9.47 Å². The molecule has 254 valence electrons. The van der Waals surface area contributed by atoms with Crippen LogP contribution in [0.25, 0.3) is 11.6 Å². The maximum absolute atomic E-state index is 15.0. The molecule has 3 aromatic carbocycles. The second-order valence-corrected chi connectivity index (χ2v) is 12.9. The lowest BCUT2D eigenvalue weighted by Crippen LogP contribution is -2.59. The molecule has 0 radical (unpaired) electrons. The van der Waals surface area contributed by atoms with Crippen molar-refractivity contribution in [3.63, 3.8) is 0 Å². The normalized spacial score (nSPS) is 27.3. The van der Waals surface area contributed by atoms with Gasteiger partial charge in [0, 0.05) is 17.4 Å². The molecule has 1 saturated heterocycles. The Labute approximate surface area is 288 Å². The standard InChI is InChI=1S/C40H35NO9/c1-48-31-18-22(19-32(49-2)36(31)44)14-17-29-25-15-16-26-34(38(46)41(37(26)45)39(47)50-3)28(25)20-30-35(43)27(23-10-6-4-7-11-23)21-33(42)40(29,30)24-12-8-5-9-13-24/h4-15,17-19,21,26,28-30,34,44H,16,20H2,1-3H3/t26-,28+,29-,30-,34-,40-/m0/s1. The average Bonchev–Trinajstić information content (AvgIpc) is 3.41. The Bertz CT molecular complexity index is 1990. The second kappa shape index (κ2) is 12.6. The summed E-state index contributed by atoms with van der Waals surface area (Å²) in [6, 6.07) is 21.5. The highest BCUT2D eigenvalue weighted by atomic mass is 16.5. The molecule has 10 heteroatoms. The summed E-state index contributed by atoms with van der Waals surface area (Å²) in [6.45, 7) is 0. The lowest BCUT2D eigenvalue weighted by molar-refractivity contribution is -0.138. The topological polar surface area (TPSA) is 137 Å². The zero-order valence-electron chi connectivity index (χ0n) is 27.7. The smallest absolute Gasteiger partial charge is 0.423 e. The molecule has 4 aliphatic rings. The fourth-order valence-electron chi connectivity index (χ4n) is 8.61. The Morgan fingerprint density at radius 3 is 2.14 bits per heavy atom. The van der Waals surface area contributed by atoms with Gasteiger partial charge in [-0.1, -0.05) is 84.5 Å². The van der Waals surface area contributed by atoms with Gasteiger partial charge in [0.15, 0.2) is 23.1 Å². The summed E-state index contributed by atoms with van der Waals surface area (Å²) in [4.78, 5) is 70.5. The molecule has 1 aliphatic heterocycles. The Morgan fingerprint density at radius 1 is 0.880 bits per heavy atom. The molecule has 6 atom stereocenters. The molecule has 7 rings (SSSR count). The van der Waals surface area contributed by atoms with E-state index in [0.29, 0.717) is 21.6 Å². The quantitative estimate of drug-likeness (QED) is 0.264. The molecular formula is C40H35NO9. The van der Waals surface area contributed by atoms with Gasteiger partial charge in [-0.05, 0) is 53.7 Å². The van der Waals surface area contributed by atoms with Crippen LogP contribution in [0, 0.1) is 29.6 Å². The number of likely N-dealkylation sites (tertiary alicyclic amines) is 1. The van der Waals surface area contributed by atoms with E-state index in [4.69, 9.17) is 14.2 Å². The van der Waals surface area contributed by atoms with E-state index in [-0.39, 0.29) is 47.2 Å². The highest BCUT2D eigenvalue weighted by Crippen LogP contribution is 2.61. The van der Waals surface area contributed by atoms with Crippen LogP contribution in [0.5, 0.6) is 17.2 Å². The second-order valence-electron chi connectivity index (χ2n) is 12.9. The van der Waals surface area contributed by atoms with Crippen LogP contribution in [-0.2, 0) is 29.3 Å². The summed E-state index contributed by atoms with van der Waals surface area (Å²) in [5.41, 5.74) is 1.47. The fourth-order valence-corrected chi connectivity index (χ4v) is 8.61. The van der Waals surface area contributed by atoms with E-state index >= 15 is 0 Å². The molecule has 0 bridgehead atoms. The van der Waals surface area contributed by atoms with E-state index in [2.05, 4.69) is 0 Å². The Balaban J connectivity index is 1.46. The predicted molar refractivity (Wildman–Crippen MR) is 182 cm³/mol.